The van der Waals surface area contributed by atoms with Gasteiger partial charge in [0.2, 0.25) is 0 Å². The number of nitriles is 1. The predicted molar refractivity (Wildman–Crippen MR) is 112 cm³/mol. The van der Waals surface area contributed by atoms with E-state index in [0.29, 0.717) is 17.1 Å². The molecule has 0 spiro atoms. The maximum Gasteiger partial charge on any atom is 0.166 e. The highest BCUT2D eigenvalue weighted by atomic mass is 15.3. The summed E-state index contributed by atoms with van der Waals surface area (Å²) < 4.78 is 0. The molecule has 0 bridgehead atoms. The van der Waals surface area contributed by atoms with E-state index in [1.54, 1.807) is 0 Å². The van der Waals surface area contributed by atoms with Crippen LogP contribution in [0.15, 0.2) is 48.5 Å². The van der Waals surface area contributed by atoms with Crippen LogP contribution >= 0.6 is 0 Å². The van der Waals surface area contributed by atoms with Crippen LogP contribution < -0.4 is 5.32 Å². The van der Waals surface area contributed by atoms with Gasteiger partial charge in [0.05, 0.1) is 11.3 Å². The van der Waals surface area contributed by atoms with Gasteiger partial charge in [0.15, 0.2) is 5.82 Å². The van der Waals surface area contributed by atoms with Crippen LogP contribution in [0.25, 0.3) is 22.0 Å². The molecule has 2 heterocycles. The van der Waals surface area contributed by atoms with Crippen LogP contribution in [0.4, 0.5) is 5.82 Å². The minimum Gasteiger partial charge on any atom is -0.366 e. The maximum atomic E-state index is 9.57. The number of aromatic nitrogens is 2. The van der Waals surface area contributed by atoms with Crippen molar-refractivity contribution in [3.63, 3.8) is 0 Å². The first-order chi connectivity index (χ1) is 13.7. The maximum absolute atomic E-state index is 9.57. The zero-order valence-corrected chi connectivity index (χ0v) is 16.1. The van der Waals surface area contributed by atoms with Gasteiger partial charge in [0, 0.05) is 44.8 Å². The zero-order valence-electron chi connectivity index (χ0n) is 16.1. The van der Waals surface area contributed by atoms with Gasteiger partial charge in [-0.25, -0.2) is 0 Å². The van der Waals surface area contributed by atoms with Gasteiger partial charge in [-0.05, 0) is 30.0 Å². The molecule has 6 heteroatoms. The third kappa shape index (κ3) is 4.11. The van der Waals surface area contributed by atoms with Gasteiger partial charge in [-0.2, -0.15) is 5.26 Å². The lowest BCUT2D eigenvalue weighted by atomic mass is 10.0. The number of nitrogens with one attached hydrogen (secondary N) is 1. The summed E-state index contributed by atoms with van der Waals surface area (Å²) in [6, 6.07) is 18.4. The zero-order chi connectivity index (χ0) is 19.3. The van der Waals surface area contributed by atoms with E-state index in [9.17, 15) is 5.26 Å². The molecule has 1 N–H and O–H groups in total. The van der Waals surface area contributed by atoms with Gasteiger partial charge in [-0.1, -0.05) is 36.4 Å². The van der Waals surface area contributed by atoms with Crippen molar-refractivity contribution in [1.82, 2.24) is 20.0 Å². The SMILES string of the molecule is CN1CCN(CCNc2nnc(-c3ccc4ccccc4c3)cc2C#N)CC1. The highest BCUT2D eigenvalue weighted by molar-refractivity contribution is 5.86. The van der Waals surface area contributed by atoms with Crippen molar-refractivity contribution in [2.75, 3.05) is 51.6 Å². The molecule has 0 atom stereocenters. The quantitative estimate of drug-likeness (QED) is 0.743. The molecule has 0 saturated carbocycles. The highest BCUT2D eigenvalue weighted by Gasteiger charge is 2.14. The molecule has 1 aliphatic heterocycles. The van der Waals surface area contributed by atoms with Crippen LogP contribution in [0.3, 0.4) is 0 Å². The van der Waals surface area contributed by atoms with Crippen LogP contribution in [0.2, 0.25) is 0 Å². The number of hydrogen-bond acceptors (Lipinski definition) is 6. The number of nitrogens with zero attached hydrogens (tertiary/aromatic N) is 5. The molecule has 1 aromatic heterocycles. The Morgan fingerprint density at radius 3 is 2.57 bits per heavy atom. The monoisotopic (exact) mass is 372 g/mol. The van der Waals surface area contributed by atoms with Crippen molar-refractivity contribution in [1.29, 1.82) is 5.26 Å². The smallest absolute Gasteiger partial charge is 0.166 e. The lowest BCUT2D eigenvalue weighted by molar-refractivity contribution is 0.158. The minimum absolute atomic E-state index is 0.525. The van der Waals surface area contributed by atoms with Crippen LogP contribution in [0.1, 0.15) is 5.56 Å². The Kier molecular flexibility index (Phi) is 5.47. The molecule has 6 nitrogen and oxygen atoms in total. The number of anilines is 1. The number of fused-ring (bicyclic) bond motifs is 1. The van der Waals surface area contributed by atoms with Gasteiger partial charge >= 0.3 is 0 Å². The third-order valence-electron chi connectivity index (χ3n) is 5.28. The van der Waals surface area contributed by atoms with Crippen molar-refractivity contribution in [3.05, 3.63) is 54.1 Å². The van der Waals surface area contributed by atoms with E-state index in [-0.39, 0.29) is 0 Å². The Morgan fingerprint density at radius 2 is 1.79 bits per heavy atom. The summed E-state index contributed by atoms with van der Waals surface area (Å²) in [4.78, 5) is 4.77. The van der Waals surface area contributed by atoms with Gasteiger partial charge in [0.1, 0.15) is 6.07 Å². The van der Waals surface area contributed by atoms with E-state index in [0.717, 1.165) is 50.2 Å². The van der Waals surface area contributed by atoms with E-state index >= 15 is 0 Å². The van der Waals surface area contributed by atoms with E-state index in [2.05, 4.69) is 62.7 Å². The molecule has 0 aliphatic carbocycles. The molecule has 1 fully saturated rings. The number of likely N-dealkylation sites (N-methyl/N-ethyl adjacent to an activating group) is 1. The lowest BCUT2D eigenvalue weighted by Gasteiger charge is -2.32. The van der Waals surface area contributed by atoms with Crippen molar-refractivity contribution in [2.45, 2.75) is 0 Å². The van der Waals surface area contributed by atoms with Crippen molar-refractivity contribution >= 4 is 16.6 Å². The first-order valence-corrected chi connectivity index (χ1v) is 9.65. The Hall–Kier alpha value is -3.01. The van der Waals surface area contributed by atoms with E-state index in [4.69, 9.17) is 0 Å². The standard InChI is InChI=1S/C22H24N6/c1-27-10-12-28(13-11-27)9-8-24-22-20(16-23)15-21(25-26-22)19-7-6-17-4-2-3-5-18(17)14-19/h2-7,14-15H,8-13H2,1H3,(H,24,26). The fourth-order valence-corrected chi connectivity index (χ4v) is 3.50. The first kappa shape index (κ1) is 18.4. The molecule has 142 valence electrons. The Bertz CT molecular complexity index is 1000. The largest absolute Gasteiger partial charge is 0.366 e. The van der Waals surface area contributed by atoms with Crippen LogP contribution in [-0.2, 0) is 0 Å². The summed E-state index contributed by atoms with van der Waals surface area (Å²) in [5, 5.41) is 23.8. The molecule has 2 aromatic carbocycles. The van der Waals surface area contributed by atoms with Gasteiger partial charge < -0.3 is 10.2 Å². The summed E-state index contributed by atoms with van der Waals surface area (Å²) in [6.07, 6.45) is 0. The van der Waals surface area contributed by atoms with E-state index < -0.39 is 0 Å². The van der Waals surface area contributed by atoms with E-state index in [1.807, 2.05) is 24.3 Å². The second-order valence-corrected chi connectivity index (χ2v) is 7.24. The third-order valence-corrected chi connectivity index (χ3v) is 5.28. The summed E-state index contributed by atoms with van der Waals surface area (Å²) in [7, 11) is 2.15. The summed E-state index contributed by atoms with van der Waals surface area (Å²) >= 11 is 0. The second-order valence-electron chi connectivity index (χ2n) is 7.24. The number of piperazine rings is 1. The molecule has 4 rings (SSSR count). The molecule has 1 aliphatic rings. The van der Waals surface area contributed by atoms with Crippen LogP contribution in [0, 0.1) is 11.3 Å². The normalized spacial score (nSPS) is 15.4. The fraction of sp³-hybridized carbons (Fsp3) is 0.318. The van der Waals surface area contributed by atoms with Crippen molar-refractivity contribution in [3.8, 4) is 17.3 Å². The predicted octanol–water partition coefficient (Wildman–Crippen LogP) is 2.83. The molecule has 0 amide bonds. The van der Waals surface area contributed by atoms with Gasteiger partial charge in [0.25, 0.3) is 0 Å². The molecule has 28 heavy (non-hydrogen) atoms. The summed E-state index contributed by atoms with van der Waals surface area (Å²) in [6.45, 7) is 6.05. The minimum atomic E-state index is 0.525. The summed E-state index contributed by atoms with van der Waals surface area (Å²) in [5.41, 5.74) is 2.20. The van der Waals surface area contributed by atoms with Gasteiger partial charge in [-0.3, -0.25) is 4.90 Å². The Balaban J connectivity index is 1.45. The number of benzene rings is 2. The number of rotatable bonds is 5. The lowest BCUT2D eigenvalue weighted by Crippen LogP contribution is -2.45. The topological polar surface area (TPSA) is 68.1 Å². The molecule has 3 aromatic rings. The van der Waals surface area contributed by atoms with Gasteiger partial charge in [-0.15, -0.1) is 10.2 Å². The molecular formula is C22H24N6. The van der Waals surface area contributed by atoms with Crippen molar-refractivity contribution in [2.24, 2.45) is 0 Å². The Labute approximate surface area is 165 Å². The highest BCUT2D eigenvalue weighted by Crippen LogP contribution is 2.24. The summed E-state index contributed by atoms with van der Waals surface area (Å²) in [5.74, 6) is 0.557. The molecule has 0 unspecified atom stereocenters. The average Bonchev–Trinajstić information content (AvgIpc) is 2.75. The fourth-order valence-electron chi connectivity index (χ4n) is 3.50. The van der Waals surface area contributed by atoms with Crippen LogP contribution in [-0.4, -0.2) is 66.3 Å². The first-order valence-electron chi connectivity index (χ1n) is 9.65. The van der Waals surface area contributed by atoms with E-state index in [1.165, 1.54) is 5.39 Å². The second kappa shape index (κ2) is 8.34. The average molecular weight is 372 g/mol. The molecule has 1 saturated heterocycles. The molecular weight excluding hydrogens is 348 g/mol. The van der Waals surface area contributed by atoms with Crippen LogP contribution in [0.5, 0.6) is 0 Å². The molecule has 0 radical (unpaired) electrons. The number of hydrogen-bond donors (Lipinski definition) is 1. The van der Waals surface area contributed by atoms with Crippen molar-refractivity contribution < 1.29 is 0 Å². The Morgan fingerprint density at radius 1 is 1.00 bits per heavy atom.